The maximum atomic E-state index is 5.88. The van der Waals surface area contributed by atoms with Crippen molar-refractivity contribution >= 4 is 22.8 Å². The monoisotopic (exact) mass is 365 g/mol. The number of anilines is 1. The molecule has 0 aliphatic rings. The Balaban J connectivity index is 1.56. The SMILES string of the molecule is CCOC(CNc1ccc2nnc(-c3ccsc3)n2n1)c1ccccc1. The molecule has 0 bridgehead atoms. The highest BCUT2D eigenvalue weighted by atomic mass is 32.1. The Morgan fingerprint density at radius 2 is 2.00 bits per heavy atom. The quantitative estimate of drug-likeness (QED) is 0.535. The van der Waals surface area contributed by atoms with E-state index in [4.69, 9.17) is 4.74 Å². The summed E-state index contributed by atoms with van der Waals surface area (Å²) >= 11 is 1.63. The molecule has 132 valence electrons. The number of fused-ring (bicyclic) bond motifs is 1. The van der Waals surface area contributed by atoms with Crippen molar-refractivity contribution in [3.8, 4) is 11.4 Å². The summed E-state index contributed by atoms with van der Waals surface area (Å²) in [5.41, 5.74) is 2.89. The van der Waals surface area contributed by atoms with Crippen LogP contribution in [0.25, 0.3) is 17.0 Å². The lowest BCUT2D eigenvalue weighted by atomic mass is 10.1. The van der Waals surface area contributed by atoms with Crippen LogP contribution < -0.4 is 5.32 Å². The third-order valence-electron chi connectivity index (χ3n) is 4.05. The highest BCUT2D eigenvalue weighted by Crippen LogP contribution is 2.22. The van der Waals surface area contributed by atoms with Crippen LogP contribution in [0.5, 0.6) is 0 Å². The van der Waals surface area contributed by atoms with Crippen LogP contribution >= 0.6 is 11.3 Å². The first-order valence-corrected chi connectivity index (χ1v) is 9.45. The molecule has 0 radical (unpaired) electrons. The second kappa shape index (κ2) is 7.63. The standard InChI is InChI=1S/C19H19N5OS/c1-2-25-16(14-6-4-3-5-7-14)12-20-17-8-9-18-21-22-19(24(18)23-17)15-10-11-26-13-15/h3-11,13,16H,2,12H2,1H3,(H,20,23). The van der Waals surface area contributed by atoms with Crippen LogP contribution in [0.2, 0.25) is 0 Å². The fourth-order valence-electron chi connectivity index (χ4n) is 2.79. The van der Waals surface area contributed by atoms with Gasteiger partial charge in [-0.15, -0.1) is 15.3 Å². The molecule has 7 heteroatoms. The summed E-state index contributed by atoms with van der Waals surface area (Å²) < 4.78 is 7.65. The van der Waals surface area contributed by atoms with E-state index >= 15 is 0 Å². The average molecular weight is 365 g/mol. The number of nitrogens with one attached hydrogen (secondary N) is 1. The van der Waals surface area contributed by atoms with Gasteiger partial charge in [0.1, 0.15) is 5.82 Å². The molecule has 0 spiro atoms. The number of thiophene rings is 1. The van der Waals surface area contributed by atoms with Gasteiger partial charge in [-0.1, -0.05) is 30.3 Å². The lowest BCUT2D eigenvalue weighted by molar-refractivity contribution is 0.0718. The topological polar surface area (TPSA) is 64.3 Å². The zero-order chi connectivity index (χ0) is 17.8. The zero-order valence-electron chi connectivity index (χ0n) is 14.4. The Kier molecular flexibility index (Phi) is 4.90. The predicted octanol–water partition coefficient (Wildman–Crippen LogP) is 4.04. The molecule has 3 aromatic heterocycles. The first kappa shape index (κ1) is 16.7. The molecule has 1 aromatic carbocycles. The van der Waals surface area contributed by atoms with E-state index in [9.17, 15) is 0 Å². The number of nitrogens with zero attached hydrogens (tertiary/aromatic N) is 4. The first-order valence-electron chi connectivity index (χ1n) is 8.50. The molecule has 0 amide bonds. The van der Waals surface area contributed by atoms with E-state index in [1.165, 1.54) is 0 Å². The molecule has 0 aliphatic carbocycles. The van der Waals surface area contributed by atoms with Crippen molar-refractivity contribution in [1.82, 2.24) is 19.8 Å². The molecule has 4 aromatic rings. The fourth-order valence-corrected chi connectivity index (χ4v) is 3.43. The van der Waals surface area contributed by atoms with E-state index in [1.807, 2.05) is 54.1 Å². The van der Waals surface area contributed by atoms with Crippen LogP contribution in [0, 0.1) is 0 Å². The molecule has 26 heavy (non-hydrogen) atoms. The van der Waals surface area contributed by atoms with E-state index in [1.54, 1.807) is 15.9 Å². The molecule has 1 unspecified atom stereocenters. The number of hydrogen-bond donors (Lipinski definition) is 1. The van der Waals surface area contributed by atoms with Gasteiger partial charge < -0.3 is 10.1 Å². The molecule has 1 N–H and O–H groups in total. The van der Waals surface area contributed by atoms with E-state index in [2.05, 4.69) is 32.7 Å². The minimum atomic E-state index is -0.0315. The third-order valence-corrected chi connectivity index (χ3v) is 4.73. The largest absolute Gasteiger partial charge is 0.372 e. The fraction of sp³-hybridized carbons (Fsp3) is 0.211. The summed E-state index contributed by atoms with van der Waals surface area (Å²) in [4.78, 5) is 0. The van der Waals surface area contributed by atoms with Crippen LogP contribution in [0.1, 0.15) is 18.6 Å². The van der Waals surface area contributed by atoms with Crippen molar-refractivity contribution in [2.24, 2.45) is 0 Å². The number of ether oxygens (including phenoxy) is 1. The minimum absolute atomic E-state index is 0.0315. The Bertz CT molecular complexity index is 968. The van der Waals surface area contributed by atoms with Crippen LogP contribution in [-0.4, -0.2) is 33.0 Å². The molecule has 0 saturated heterocycles. The summed E-state index contributed by atoms with van der Waals surface area (Å²) in [6.45, 7) is 3.29. The van der Waals surface area contributed by atoms with Gasteiger partial charge in [-0.2, -0.15) is 15.9 Å². The van der Waals surface area contributed by atoms with E-state index in [0.717, 1.165) is 28.4 Å². The lowest BCUT2D eigenvalue weighted by Gasteiger charge is -2.18. The Hall–Kier alpha value is -2.77. The predicted molar refractivity (Wildman–Crippen MR) is 103 cm³/mol. The van der Waals surface area contributed by atoms with Gasteiger partial charge in [-0.25, -0.2) is 0 Å². The van der Waals surface area contributed by atoms with Crippen LogP contribution in [0.3, 0.4) is 0 Å². The minimum Gasteiger partial charge on any atom is -0.372 e. The summed E-state index contributed by atoms with van der Waals surface area (Å²) in [5.74, 6) is 1.50. The van der Waals surface area contributed by atoms with Crippen molar-refractivity contribution in [2.75, 3.05) is 18.5 Å². The van der Waals surface area contributed by atoms with Gasteiger partial charge in [0.15, 0.2) is 11.5 Å². The first-order chi connectivity index (χ1) is 12.8. The summed E-state index contributed by atoms with van der Waals surface area (Å²) in [7, 11) is 0. The molecular weight excluding hydrogens is 346 g/mol. The molecular formula is C19H19N5OS. The molecule has 4 rings (SSSR count). The van der Waals surface area contributed by atoms with Gasteiger partial charge in [-0.05, 0) is 36.1 Å². The Labute approximate surface area is 155 Å². The molecule has 0 saturated carbocycles. The molecule has 3 heterocycles. The second-order valence-corrected chi connectivity index (χ2v) is 6.54. The van der Waals surface area contributed by atoms with Gasteiger partial charge in [0.05, 0.1) is 6.10 Å². The van der Waals surface area contributed by atoms with Gasteiger partial charge >= 0.3 is 0 Å². The van der Waals surface area contributed by atoms with E-state index < -0.39 is 0 Å². The van der Waals surface area contributed by atoms with Crippen molar-refractivity contribution in [3.05, 3.63) is 64.9 Å². The second-order valence-electron chi connectivity index (χ2n) is 5.76. The van der Waals surface area contributed by atoms with Gasteiger partial charge in [0.25, 0.3) is 0 Å². The molecule has 1 atom stereocenters. The normalized spacial score (nSPS) is 12.3. The summed E-state index contributed by atoms with van der Waals surface area (Å²) in [6.07, 6.45) is -0.0315. The smallest absolute Gasteiger partial charge is 0.186 e. The Morgan fingerprint density at radius 1 is 1.12 bits per heavy atom. The van der Waals surface area contributed by atoms with Crippen molar-refractivity contribution in [3.63, 3.8) is 0 Å². The lowest BCUT2D eigenvalue weighted by Crippen LogP contribution is -2.17. The summed E-state index contributed by atoms with van der Waals surface area (Å²) in [5, 5.41) is 20.5. The van der Waals surface area contributed by atoms with Crippen molar-refractivity contribution in [1.29, 1.82) is 0 Å². The van der Waals surface area contributed by atoms with E-state index in [0.29, 0.717) is 13.2 Å². The molecule has 0 fully saturated rings. The third kappa shape index (κ3) is 3.44. The molecule has 0 aliphatic heterocycles. The van der Waals surface area contributed by atoms with Crippen molar-refractivity contribution in [2.45, 2.75) is 13.0 Å². The van der Waals surface area contributed by atoms with E-state index in [-0.39, 0.29) is 6.10 Å². The van der Waals surface area contributed by atoms with Crippen LogP contribution in [0.4, 0.5) is 5.82 Å². The maximum Gasteiger partial charge on any atom is 0.186 e. The highest BCUT2D eigenvalue weighted by molar-refractivity contribution is 7.08. The summed E-state index contributed by atoms with van der Waals surface area (Å²) in [6, 6.07) is 16.1. The van der Waals surface area contributed by atoms with Gasteiger partial charge in [0.2, 0.25) is 0 Å². The van der Waals surface area contributed by atoms with Gasteiger partial charge in [-0.3, -0.25) is 0 Å². The number of benzene rings is 1. The average Bonchev–Trinajstić information content (AvgIpc) is 3.34. The maximum absolute atomic E-state index is 5.88. The van der Waals surface area contributed by atoms with Crippen molar-refractivity contribution < 1.29 is 4.74 Å². The van der Waals surface area contributed by atoms with Gasteiger partial charge in [0, 0.05) is 24.1 Å². The van der Waals surface area contributed by atoms with Crippen LogP contribution in [-0.2, 0) is 4.74 Å². The number of rotatable bonds is 7. The Morgan fingerprint density at radius 3 is 2.77 bits per heavy atom. The highest BCUT2D eigenvalue weighted by Gasteiger charge is 2.13. The number of aromatic nitrogens is 4. The van der Waals surface area contributed by atoms with Crippen LogP contribution in [0.15, 0.2) is 59.3 Å². The molecule has 6 nitrogen and oxygen atoms in total. The number of hydrogen-bond acceptors (Lipinski definition) is 6. The zero-order valence-corrected chi connectivity index (χ0v) is 15.2.